The summed E-state index contributed by atoms with van der Waals surface area (Å²) < 4.78 is 0. The highest BCUT2D eigenvalue weighted by Gasteiger charge is 2.20. The predicted octanol–water partition coefficient (Wildman–Crippen LogP) is 3.60. The van der Waals surface area contributed by atoms with E-state index in [4.69, 9.17) is 0 Å². The number of aryl methyl sites for hydroxylation is 2. The Balaban J connectivity index is 2.10. The molecular weight excluding hydrogens is 282 g/mol. The number of hydrogen-bond donors (Lipinski definition) is 1. The Labute approximate surface area is 129 Å². The number of carbonyl (C=O) groups is 1. The van der Waals surface area contributed by atoms with Gasteiger partial charge in [0.15, 0.2) is 5.16 Å². The van der Waals surface area contributed by atoms with Gasteiger partial charge in [-0.15, -0.1) is 0 Å². The van der Waals surface area contributed by atoms with Gasteiger partial charge in [0, 0.05) is 18.1 Å². The van der Waals surface area contributed by atoms with Crippen molar-refractivity contribution in [3.63, 3.8) is 0 Å². The summed E-state index contributed by atoms with van der Waals surface area (Å²) in [5, 5.41) is 3.46. The Morgan fingerprint density at radius 3 is 2.38 bits per heavy atom. The molecule has 110 valence electrons. The Bertz CT molecular complexity index is 596. The Morgan fingerprint density at radius 1 is 1.19 bits per heavy atom. The molecule has 1 atom stereocenters. The second-order valence-corrected chi connectivity index (χ2v) is 5.97. The van der Waals surface area contributed by atoms with E-state index >= 15 is 0 Å². The van der Waals surface area contributed by atoms with Crippen LogP contribution in [0.25, 0.3) is 0 Å². The summed E-state index contributed by atoms with van der Waals surface area (Å²) in [6.07, 6.45) is 4.09. The summed E-state index contributed by atoms with van der Waals surface area (Å²) in [5.74, 6) is -0.00708. The van der Waals surface area contributed by atoms with Gasteiger partial charge in [-0.25, -0.2) is 9.97 Å². The quantitative estimate of drug-likeness (QED) is 0.677. The lowest BCUT2D eigenvalue weighted by molar-refractivity contribution is -0.115. The van der Waals surface area contributed by atoms with E-state index in [1.807, 2.05) is 39.0 Å². The van der Waals surface area contributed by atoms with E-state index in [9.17, 15) is 4.79 Å². The van der Waals surface area contributed by atoms with E-state index < -0.39 is 0 Å². The zero-order chi connectivity index (χ0) is 15.2. The fourth-order valence-electron chi connectivity index (χ4n) is 2.01. The summed E-state index contributed by atoms with van der Waals surface area (Å²) in [7, 11) is 0. The molecule has 1 amide bonds. The topological polar surface area (TPSA) is 54.9 Å². The lowest BCUT2D eigenvalue weighted by Gasteiger charge is -2.16. The maximum Gasteiger partial charge on any atom is 0.237 e. The van der Waals surface area contributed by atoms with Gasteiger partial charge in [-0.2, -0.15) is 0 Å². The molecular formula is C16H19N3OS. The van der Waals surface area contributed by atoms with Crippen LogP contribution >= 0.6 is 11.8 Å². The molecule has 0 aliphatic rings. The highest BCUT2D eigenvalue weighted by molar-refractivity contribution is 8.00. The average Bonchev–Trinajstić information content (AvgIpc) is 2.49. The number of nitrogens with zero attached hydrogens (tertiary/aromatic N) is 2. The molecule has 2 rings (SSSR count). The van der Waals surface area contributed by atoms with Crippen molar-refractivity contribution in [3.8, 4) is 0 Å². The molecule has 1 N–H and O–H groups in total. The highest BCUT2D eigenvalue weighted by atomic mass is 32.2. The number of benzene rings is 1. The fraction of sp³-hybridized carbons (Fsp3) is 0.312. The van der Waals surface area contributed by atoms with Gasteiger partial charge >= 0.3 is 0 Å². The first-order valence-corrected chi connectivity index (χ1v) is 7.80. The maximum absolute atomic E-state index is 12.5. The first-order valence-electron chi connectivity index (χ1n) is 6.92. The number of amides is 1. The molecule has 2 aromatic rings. The van der Waals surface area contributed by atoms with Gasteiger partial charge in [0.2, 0.25) is 5.91 Å². The smallest absolute Gasteiger partial charge is 0.237 e. The van der Waals surface area contributed by atoms with Crippen molar-refractivity contribution in [2.24, 2.45) is 0 Å². The van der Waals surface area contributed by atoms with Gasteiger partial charge in [0.1, 0.15) is 0 Å². The predicted molar refractivity (Wildman–Crippen MR) is 86.5 cm³/mol. The summed E-state index contributed by atoms with van der Waals surface area (Å²) in [4.78, 5) is 20.8. The van der Waals surface area contributed by atoms with Crippen LogP contribution in [-0.2, 0) is 4.79 Å². The van der Waals surface area contributed by atoms with Crippen LogP contribution in [0.15, 0.2) is 41.8 Å². The number of thioether (sulfide) groups is 1. The third-order valence-electron chi connectivity index (χ3n) is 3.18. The van der Waals surface area contributed by atoms with Crippen LogP contribution in [0.4, 0.5) is 5.69 Å². The van der Waals surface area contributed by atoms with Gasteiger partial charge in [-0.3, -0.25) is 4.79 Å². The molecule has 0 radical (unpaired) electrons. The van der Waals surface area contributed by atoms with Gasteiger partial charge < -0.3 is 5.32 Å². The number of carbonyl (C=O) groups excluding carboxylic acids is 1. The van der Waals surface area contributed by atoms with Gasteiger partial charge in [-0.05, 0) is 37.5 Å². The molecule has 0 aliphatic carbocycles. The minimum Gasteiger partial charge on any atom is -0.325 e. The molecule has 1 aromatic heterocycles. The van der Waals surface area contributed by atoms with Crippen LogP contribution in [0.2, 0.25) is 0 Å². The number of nitrogens with one attached hydrogen (secondary N) is 1. The number of para-hydroxylation sites is 1. The summed E-state index contributed by atoms with van der Waals surface area (Å²) in [6.45, 7) is 5.99. The van der Waals surface area contributed by atoms with Crippen LogP contribution in [0.5, 0.6) is 0 Å². The molecule has 5 heteroatoms. The molecule has 0 fully saturated rings. The van der Waals surface area contributed by atoms with Gasteiger partial charge in [0.25, 0.3) is 0 Å². The fourth-order valence-corrected chi connectivity index (χ4v) is 2.84. The van der Waals surface area contributed by atoms with Crippen molar-refractivity contribution in [3.05, 3.63) is 47.8 Å². The van der Waals surface area contributed by atoms with Crippen LogP contribution in [0.3, 0.4) is 0 Å². The van der Waals surface area contributed by atoms with Crippen LogP contribution in [-0.4, -0.2) is 21.1 Å². The van der Waals surface area contributed by atoms with Crippen LogP contribution < -0.4 is 5.32 Å². The van der Waals surface area contributed by atoms with E-state index in [-0.39, 0.29) is 11.2 Å². The van der Waals surface area contributed by atoms with Crippen LogP contribution in [0.1, 0.15) is 24.5 Å². The van der Waals surface area contributed by atoms with E-state index in [2.05, 4.69) is 15.3 Å². The van der Waals surface area contributed by atoms with E-state index in [1.165, 1.54) is 11.8 Å². The molecule has 1 heterocycles. The van der Waals surface area contributed by atoms with Crippen LogP contribution in [0, 0.1) is 13.8 Å². The largest absolute Gasteiger partial charge is 0.325 e. The van der Waals surface area contributed by atoms with Crippen molar-refractivity contribution < 1.29 is 4.79 Å². The Morgan fingerprint density at radius 2 is 1.81 bits per heavy atom. The molecule has 0 spiro atoms. The zero-order valence-corrected chi connectivity index (χ0v) is 13.3. The molecule has 4 nitrogen and oxygen atoms in total. The molecule has 0 aliphatic heterocycles. The molecule has 1 aromatic carbocycles. The van der Waals surface area contributed by atoms with Crippen molar-refractivity contribution in [2.75, 3.05) is 5.32 Å². The summed E-state index contributed by atoms with van der Waals surface area (Å²) >= 11 is 1.39. The van der Waals surface area contributed by atoms with Gasteiger partial charge in [0.05, 0.1) is 5.25 Å². The van der Waals surface area contributed by atoms with Gasteiger partial charge in [-0.1, -0.05) is 36.9 Å². The SMILES string of the molecule is CCC(Sc1ncccn1)C(=O)Nc1c(C)cccc1C. The second kappa shape index (κ2) is 7.22. The summed E-state index contributed by atoms with van der Waals surface area (Å²) in [6, 6.07) is 7.75. The maximum atomic E-state index is 12.5. The zero-order valence-electron chi connectivity index (χ0n) is 12.5. The monoisotopic (exact) mass is 301 g/mol. The third kappa shape index (κ3) is 4.04. The third-order valence-corrected chi connectivity index (χ3v) is 4.44. The molecule has 0 bridgehead atoms. The highest BCUT2D eigenvalue weighted by Crippen LogP contribution is 2.25. The Kier molecular flexibility index (Phi) is 5.33. The minimum atomic E-state index is -0.202. The lowest BCUT2D eigenvalue weighted by atomic mass is 10.1. The first kappa shape index (κ1) is 15.5. The molecule has 0 saturated carbocycles. The normalized spacial score (nSPS) is 12.0. The van der Waals surface area contributed by atoms with E-state index in [1.54, 1.807) is 18.5 Å². The number of hydrogen-bond acceptors (Lipinski definition) is 4. The Hall–Kier alpha value is -1.88. The van der Waals surface area contributed by atoms with Crippen molar-refractivity contribution in [1.29, 1.82) is 0 Å². The van der Waals surface area contributed by atoms with E-state index in [0.29, 0.717) is 5.16 Å². The second-order valence-electron chi connectivity index (χ2n) is 4.80. The van der Waals surface area contributed by atoms with E-state index in [0.717, 1.165) is 23.2 Å². The molecule has 0 saturated heterocycles. The van der Waals surface area contributed by atoms with Crippen molar-refractivity contribution in [1.82, 2.24) is 9.97 Å². The lowest BCUT2D eigenvalue weighted by Crippen LogP contribution is -2.25. The number of aromatic nitrogens is 2. The number of anilines is 1. The van der Waals surface area contributed by atoms with Crippen molar-refractivity contribution in [2.45, 2.75) is 37.6 Å². The minimum absolute atomic E-state index is 0.00708. The average molecular weight is 301 g/mol. The summed E-state index contributed by atoms with van der Waals surface area (Å²) in [5.41, 5.74) is 3.04. The standard InChI is InChI=1S/C16H19N3OS/c1-4-13(21-16-17-9-6-10-18-16)15(20)19-14-11(2)7-5-8-12(14)3/h5-10,13H,4H2,1-3H3,(H,19,20). The number of rotatable bonds is 5. The molecule has 21 heavy (non-hydrogen) atoms. The van der Waals surface area contributed by atoms with Crippen molar-refractivity contribution >= 4 is 23.4 Å². The first-order chi connectivity index (χ1) is 10.1. The molecule has 1 unspecified atom stereocenters.